The van der Waals surface area contributed by atoms with E-state index in [4.69, 9.17) is 10.7 Å². The third-order valence-corrected chi connectivity index (χ3v) is 5.69. The maximum atomic E-state index is 12.6. The highest BCUT2D eigenvalue weighted by Gasteiger charge is 2.24. The van der Waals surface area contributed by atoms with Gasteiger partial charge in [-0.3, -0.25) is 19.8 Å². The van der Waals surface area contributed by atoms with Gasteiger partial charge in [0.1, 0.15) is 5.82 Å². The molecule has 3 heterocycles. The summed E-state index contributed by atoms with van der Waals surface area (Å²) in [5, 5.41) is 12.1. The van der Waals surface area contributed by atoms with Crippen LogP contribution in [-0.2, 0) is 19.5 Å². The lowest BCUT2D eigenvalue weighted by atomic mass is 10.0. The van der Waals surface area contributed by atoms with Crippen LogP contribution in [0.1, 0.15) is 16.8 Å². The maximum absolute atomic E-state index is 12.6. The smallest absolute Gasteiger partial charge is 0.279 e. The number of H-pyrrole nitrogens is 2. The minimum atomic E-state index is -0.356. The number of nitrogens with one attached hydrogen (secondary N) is 2. The molecule has 0 unspecified atom stereocenters. The Kier molecular flexibility index (Phi) is 4.52. The second-order valence-corrected chi connectivity index (χ2v) is 7.69. The Morgan fingerprint density at radius 1 is 1.19 bits per heavy atom. The molecule has 1 aliphatic rings. The molecule has 0 aliphatic carbocycles. The SMILES string of the molecule is Nc1ccc(-c2nc3c(c(=O)[nH]2)CCN(Cc2c[nH]c4cccc([N+](=O)[O-])c24)C3)cc1. The molecular formula is C22H20N6O3. The molecule has 0 bridgehead atoms. The van der Waals surface area contributed by atoms with E-state index < -0.39 is 0 Å². The second kappa shape index (κ2) is 7.37. The number of benzene rings is 2. The molecule has 0 saturated heterocycles. The number of nitrogens with two attached hydrogens (primary N) is 1. The van der Waals surface area contributed by atoms with Gasteiger partial charge in [0.15, 0.2) is 0 Å². The van der Waals surface area contributed by atoms with E-state index in [1.165, 1.54) is 6.07 Å². The fourth-order valence-electron chi connectivity index (χ4n) is 4.16. The van der Waals surface area contributed by atoms with Gasteiger partial charge in [-0.2, -0.15) is 0 Å². The van der Waals surface area contributed by atoms with Crippen LogP contribution in [-0.4, -0.2) is 31.3 Å². The van der Waals surface area contributed by atoms with Crippen LogP contribution >= 0.6 is 0 Å². The van der Waals surface area contributed by atoms with Crippen LogP contribution in [0.25, 0.3) is 22.3 Å². The predicted molar refractivity (Wildman–Crippen MR) is 117 cm³/mol. The van der Waals surface area contributed by atoms with Crippen molar-refractivity contribution in [2.45, 2.75) is 19.5 Å². The molecule has 0 atom stereocenters. The summed E-state index contributed by atoms with van der Waals surface area (Å²) in [4.78, 5) is 36.6. The van der Waals surface area contributed by atoms with Gasteiger partial charge >= 0.3 is 0 Å². The van der Waals surface area contributed by atoms with E-state index in [2.05, 4.69) is 14.9 Å². The molecule has 5 rings (SSSR count). The van der Waals surface area contributed by atoms with Crippen LogP contribution in [0.3, 0.4) is 0 Å². The standard InChI is InChI=1S/C22H20N6O3/c23-15-6-4-13(5-7-15)21-25-18-12-27(9-8-16(18)22(29)26-21)11-14-10-24-17-2-1-3-19(20(14)17)28(30)31/h1-7,10,24H,8-9,11-12,23H2,(H,25,26,29). The number of anilines is 1. The van der Waals surface area contributed by atoms with Crippen LogP contribution in [0.4, 0.5) is 11.4 Å². The van der Waals surface area contributed by atoms with Gasteiger partial charge in [-0.05, 0) is 42.3 Å². The summed E-state index contributed by atoms with van der Waals surface area (Å²) in [7, 11) is 0. The van der Waals surface area contributed by atoms with Crippen molar-refractivity contribution in [2.75, 3.05) is 12.3 Å². The Balaban J connectivity index is 1.46. The molecule has 9 nitrogen and oxygen atoms in total. The normalized spacial score (nSPS) is 13.9. The Bertz CT molecular complexity index is 1360. The van der Waals surface area contributed by atoms with Gasteiger partial charge in [-0.1, -0.05) is 6.07 Å². The van der Waals surface area contributed by atoms with E-state index in [0.717, 1.165) is 22.3 Å². The third-order valence-electron chi connectivity index (χ3n) is 5.69. The largest absolute Gasteiger partial charge is 0.399 e. The molecule has 1 aliphatic heterocycles. The lowest BCUT2D eigenvalue weighted by Crippen LogP contribution is -2.35. The lowest BCUT2D eigenvalue weighted by Gasteiger charge is -2.27. The van der Waals surface area contributed by atoms with Crippen molar-refractivity contribution >= 4 is 22.3 Å². The number of hydrogen-bond acceptors (Lipinski definition) is 6. The number of nitrogens with zero attached hydrogens (tertiary/aromatic N) is 3. The van der Waals surface area contributed by atoms with Crippen LogP contribution in [0, 0.1) is 10.1 Å². The van der Waals surface area contributed by atoms with Crippen LogP contribution in [0.5, 0.6) is 0 Å². The first-order chi connectivity index (χ1) is 15.0. The molecule has 0 spiro atoms. The zero-order chi connectivity index (χ0) is 21.5. The Morgan fingerprint density at radius 3 is 2.77 bits per heavy atom. The van der Waals surface area contributed by atoms with E-state index in [-0.39, 0.29) is 16.2 Å². The average Bonchev–Trinajstić information content (AvgIpc) is 3.17. The third kappa shape index (κ3) is 3.44. The highest BCUT2D eigenvalue weighted by molar-refractivity contribution is 5.91. The van der Waals surface area contributed by atoms with Crippen molar-refractivity contribution in [3.63, 3.8) is 0 Å². The number of hydrogen-bond donors (Lipinski definition) is 3. The van der Waals surface area contributed by atoms with E-state index in [1.807, 2.05) is 24.4 Å². The topological polar surface area (TPSA) is 134 Å². The average molecular weight is 416 g/mol. The van der Waals surface area contributed by atoms with Gasteiger partial charge in [-0.15, -0.1) is 0 Å². The maximum Gasteiger partial charge on any atom is 0.279 e. The fourth-order valence-corrected chi connectivity index (χ4v) is 4.16. The van der Waals surface area contributed by atoms with Crippen molar-refractivity contribution in [3.8, 4) is 11.4 Å². The quantitative estimate of drug-likeness (QED) is 0.266. The van der Waals surface area contributed by atoms with Gasteiger partial charge in [0.25, 0.3) is 11.2 Å². The summed E-state index contributed by atoms with van der Waals surface area (Å²) in [5.41, 5.74) is 10.2. The fraction of sp³-hybridized carbons (Fsp3) is 0.182. The molecule has 4 N–H and O–H groups in total. The van der Waals surface area contributed by atoms with Crippen LogP contribution in [0.2, 0.25) is 0 Å². The molecular weight excluding hydrogens is 396 g/mol. The monoisotopic (exact) mass is 416 g/mol. The molecule has 0 saturated carbocycles. The van der Waals surface area contributed by atoms with Crippen molar-refractivity contribution in [2.24, 2.45) is 0 Å². The summed E-state index contributed by atoms with van der Waals surface area (Å²) in [6.45, 7) is 1.69. The lowest BCUT2D eigenvalue weighted by molar-refractivity contribution is -0.383. The van der Waals surface area contributed by atoms with Crippen LogP contribution < -0.4 is 11.3 Å². The number of non-ortho nitro benzene ring substituents is 1. The summed E-state index contributed by atoms with van der Waals surface area (Å²) >= 11 is 0. The number of nitro groups is 1. The van der Waals surface area contributed by atoms with Gasteiger partial charge in [0.2, 0.25) is 0 Å². The van der Waals surface area contributed by atoms with Crippen molar-refractivity contribution in [1.82, 2.24) is 19.9 Å². The minimum absolute atomic E-state index is 0.0892. The molecule has 2 aromatic carbocycles. The highest BCUT2D eigenvalue weighted by atomic mass is 16.6. The summed E-state index contributed by atoms with van der Waals surface area (Å²) in [5.74, 6) is 0.508. The summed E-state index contributed by atoms with van der Waals surface area (Å²) in [6, 6.07) is 12.2. The first-order valence-electron chi connectivity index (χ1n) is 9.93. The number of nitro benzene ring substituents is 1. The predicted octanol–water partition coefficient (Wildman–Crippen LogP) is 2.97. The van der Waals surface area contributed by atoms with E-state index in [0.29, 0.717) is 48.5 Å². The number of fused-ring (bicyclic) bond motifs is 2. The Morgan fingerprint density at radius 2 is 2.00 bits per heavy atom. The Labute approximate surface area is 176 Å². The number of aromatic amines is 2. The van der Waals surface area contributed by atoms with Crippen molar-refractivity contribution < 1.29 is 4.92 Å². The van der Waals surface area contributed by atoms with E-state index >= 15 is 0 Å². The van der Waals surface area contributed by atoms with Gasteiger partial charge < -0.3 is 15.7 Å². The minimum Gasteiger partial charge on any atom is -0.399 e. The Hall–Kier alpha value is -3.98. The first-order valence-corrected chi connectivity index (χ1v) is 9.93. The first kappa shape index (κ1) is 19.0. The molecule has 2 aromatic heterocycles. The number of nitrogen functional groups attached to an aromatic ring is 1. The van der Waals surface area contributed by atoms with Gasteiger partial charge in [0.05, 0.1) is 21.5 Å². The summed E-state index contributed by atoms with van der Waals surface area (Å²) < 4.78 is 0. The molecule has 156 valence electrons. The number of aromatic nitrogens is 3. The molecule has 4 aromatic rings. The molecule has 0 amide bonds. The zero-order valence-corrected chi connectivity index (χ0v) is 16.6. The summed E-state index contributed by atoms with van der Waals surface area (Å²) in [6.07, 6.45) is 2.39. The van der Waals surface area contributed by atoms with Crippen LogP contribution in [0.15, 0.2) is 53.5 Å². The molecule has 9 heteroatoms. The molecule has 31 heavy (non-hydrogen) atoms. The van der Waals surface area contributed by atoms with E-state index in [9.17, 15) is 14.9 Å². The van der Waals surface area contributed by atoms with E-state index in [1.54, 1.807) is 18.2 Å². The number of rotatable bonds is 4. The molecule has 0 radical (unpaired) electrons. The van der Waals surface area contributed by atoms with Gasteiger partial charge in [-0.25, -0.2) is 4.98 Å². The second-order valence-electron chi connectivity index (χ2n) is 7.69. The zero-order valence-electron chi connectivity index (χ0n) is 16.6. The van der Waals surface area contributed by atoms with Gasteiger partial charge in [0, 0.05) is 48.7 Å². The molecule has 0 fully saturated rings. The van der Waals surface area contributed by atoms with Crippen molar-refractivity contribution in [1.29, 1.82) is 0 Å². The van der Waals surface area contributed by atoms with Crippen molar-refractivity contribution in [3.05, 3.63) is 86.0 Å². The highest BCUT2D eigenvalue weighted by Crippen LogP contribution is 2.30.